The smallest absolute Gasteiger partial charge is 0.397 e. The van der Waals surface area contributed by atoms with E-state index in [0.717, 1.165) is 4.72 Å². The van der Waals surface area contributed by atoms with E-state index >= 15 is 0 Å². The molecule has 3 aliphatic heterocycles. The SMILES string of the molecule is O=C[C@H](NS(=O)(=O)O)[C@@H](O)[C@H](O[C@@H]1O[C@@H](C(=O)O)[C@@H](O[C@@H]2O[C@H](COS(=O)(=O)O)[C@@H](O[C@@H]3O[C@@H](C(=O)O)[C@@H](O)[C@H](O)[C@H]3OS(=O)(=O)O)[C@H](O)[C@H]2NS(=O)(=O)O)[C@H](O)[C@H]1OS(=O)(=O)O)[C@H](O)COS(=O)(=O)O. The van der Waals surface area contributed by atoms with E-state index in [4.69, 9.17) is 37.5 Å². The van der Waals surface area contributed by atoms with Crippen LogP contribution in [-0.4, -0.2) is 267 Å². The Morgan fingerprint density at radius 2 is 1.07 bits per heavy atom. The van der Waals surface area contributed by atoms with Crippen molar-refractivity contribution in [1.29, 1.82) is 0 Å². The fourth-order valence-electron chi connectivity index (χ4n) is 6.38. The van der Waals surface area contributed by atoms with Crippen molar-refractivity contribution in [2.45, 2.75) is 116 Å². The summed E-state index contributed by atoms with van der Waals surface area (Å²) in [5.41, 5.74) is 0. The minimum atomic E-state index is -6.08. The average molecular weight is 1170 g/mol. The summed E-state index contributed by atoms with van der Waals surface area (Å²) in [6.07, 6.45) is -50.2. The summed E-state index contributed by atoms with van der Waals surface area (Å²) in [4.78, 5) is 36.2. The maximum absolute atomic E-state index is 12.7. The van der Waals surface area contributed by atoms with Crippen LogP contribution in [0.5, 0.6) is 0 Å². The van der Waals surface area contributed by atoms with Gasteiger partial charge >= 0.3 is 74.1 Å². The maximum Gasteiger partial charge on any atom is 0.397 e. The molecule has 0 aromatic carbocycles. The second-order valence-corrected chi connectivity index (χ2v) is 20.8. The van der Waals surface area contributed by atoms with Crippen molar-refractivity contribution in [3.05, 3.63) is 0 Å². The van der Waals surface area contributed by atoms with Crippen LogP contribution in [0.15, 0.2) is 0 Å². The number of ether oxygens (including phenoxy) is 6. The first kappa shape index (κ1) is 62.6. The minimum Gasteiger partial charge on any atom is -0.479 e. The fourth-order valence-corrected chi connectivity index (χ4v) is 9.10. The van der Waals surface area contributed by atoms with Gasteiger partial charge < -0.3 is 74.1 Å². The highest BCUT2D eigenvalue weighted by Crippen LogP contribution is 2.36. The number of carboxylic acids is 2. The largest absolute Gasteiger partial charge is 0.479 e. The zero-order valence-corrected chi connectivity index (χ0v) is 38.8. The number of carboxylic acid groups (broad SMARTS) is 2. The lowest BCUT2D eigenvalue weighted by Gasteiger charge is -2.49. The molecule has 3 heterocycles. The van der Waals surface area contributed by atoms with Gasteiger partial charge in [-0.25, -0.2) is 26.3 Å². The van der Waals surface area contributed by atoms with Gasteiger partial charge in [-0.15, -0.1) is 0 Å². The van der Waals surface area contributed by atoms with E-state index in [1.807, 2.05) is 0 Å². The predicted molar refractivity (Wildman–Crippen MR) is 203 cm³/mol. The summed E-state index contributed by atoms with van der Waals surface area (Å²) in [7, 11) is -34.5. The minimum absolute atomic E-state index is 0.550. The molecule has 0 aromatic heterocycles. The van der Waals surface area contributed by atoms with Gasteiger partial charge in [0.2, 0.25) is 0 Å². The lowest BCUT2D eigenvalue weighted by Crippen LogP contribution is -2.70. The van der Waals surface area contributed by atoms with Crippen LogP contribution in [0.1, 0.15) is 0 Å². The molecule has 16 N–H and O–H groups in total. The van der Waals surface area contributed by atoms with Gasteiger partial charge in [0.15, 0.2) is 43.3 Å². The van der Waals surface area contributed by atoms with Crippen molar-refractivity contribution >= 4 is 80.4 Å². The molecule has 0 radical (unpaired) electrons. The molecule has 0 unspecified atom stereocenters. The molecule has 416 valence electrons. The fraction of sp³-hybridized carbons (Fsp3) is 0.875. The van der Waals surface area contributed by atoms with Crippen molar-refractivity contribution in [3.8, 4) is 0 Å². The van der Waals surface area contributed by atoms with Crippen LogP contribution in [0, 0.1) is 0 Å². The maximum atomic E-state index is 12.7. The Balaban J connectivity index is 2.21. The van der Waals surface area contributed by atoms with Crippen LogP contribution >= 0.6 is 0 Å². The molecule has 3 fully saturated rings. The number of aliphatic carboxylic acids is 2. The second kappa shape index (κ2) is 23.9. The molecule has 19 atom stereocenters. The van der Waals surface area contributed by atoms with Gasteiger partial charge in [0.25, 0.3) is 0 Å². The van der Waals surface area contributed by atoms with E-state index in [1.54, 1.807) is 0 Å². The Morgan fingerprint density at radius 3 is 1.52 bits per heavy atom. The van der Waals surface area contributed by atoms with Gasteiger partial charge in [-0.1, -0.05) is 0 Å². The lowest BCUT2D eigenvalue weighted by molar-refractivity contribution is -0.362. The van der Waals surface area contributed by atoms with Gasteiger partial charge in [0.1, 0.15) is 79.4 Å². The van der Waals surface area contributed by atoms with Crippen molar-refractivity contribution in [2.24, 2.45) is 0 Å². The highest BCUT2D eigenvalue weighted by molar-refractivity contribution is 7.84. The number of nitrogens with one attached hydrogen (secondary N) is 2. The molecule has 0 spiro atoms. The first-order chi connectivity index (χ1) is 32.0. The van der Waals surface area contributed by atoms with Crippen LogP contribution in [0.4, 0.5) is 0 Å². The predicted octanol–water partition coefficient (Wildman–Crippen LogP) is -11.6. The molecule has 0 aromatic rings. The lowest BCUT2D eigenvalue weighted by atomic mass is 9.95. The quantitative estimate of drug-likeness (QED) is 0.0282. The van der Waals surface area contributed by atoms with E-state index in [1.165, 1.54) is 4.72 Å². The van der Waals surface area contributed by atoms with Crippen molar-refractivity contribution in [2.75, 3.05) is 13.2 Å². The van der Waals surface area contributed by atoms with Crippen molar-refractivity contribution < 1.29 is 178 Å². The Morgan fingerprint density at radius 1 is 0.577 bits per heavy atom. The number of aliphatic hydroxyl groups is 6. The number of hydrogen-bond acceptors (Lipinski definition) is 31. The molecule has 0 aliphatic carbocycles. The second-order valence-electron chi connectivity index (χ2n) is 14.2. The Kier molecular flexibility index (Phi) is 21.1. The number of carbonyl (C=O) groups is 3. The third-order valence-electron chi connectivity index (χ3n) is 9.13. The molecule has 3 saturated heterocycles. The first-order valence-corrected chi connectivity index (χ1v) is 26.3. The molecule has 0 amide bonds. The number of aldehydes is 1. The number of hydrogen-bond donors (Lipinski definition) is 16. The Hall–Kier alpha value is -2.65. The van der Waals surface area contributed by atoms with Crippen LogP contribution in [0.3, 0.4) is 0 Å². The monoisotopic (exact) mass is 1170 g/mol. The molecule has 47 heteroatoms. The summed E-state index contributed by atoms with van der Waals surface area (Å²) in [6, 6.07) is -5.61. The first-order valence-electron chi connectivity index (χ1n) is 18.0. The molecule has 0 bridgehead atoms. The summed E-state index contributed by atoms with van der Waals surface area (Å²) in [5, 5.41) is 84.8. The van der Waals surface area contributed by atoms with Crippen LogP contribution < -0.4 is 9.44 Å². The number of rotatable bonds is 26. The highest BCUT2D eigenvalue weighted by Gasteiger charge is 2.59. The van der Waals surface area contributed by atoms with Crippen LogP contribution in [-0.2, 0) is 122 Å². The third kappa shape index (κ3) is 18.9. The van der Waals surface area contributed by atoms with E-state index < -0.39 is 210 Å². The summed E-state index contributed by atoms with van der Waals surface area (Å²) >= 11 is 0. The van der Waals surface area contributed by atoms with E-state index in [9.17, 15) is 124 Å². The molecular weight excluding hydrogens is 1130 g/mol. The van der Waals surface area contributed by atoms with Crippen molar-refractivity contribution in [3.63, 3.8) is 0 Å². The van der Waals surface area contributed by atoms with Crippen molar-refractivity contribution in [1.82, 2.24) is 9.44 Å². The van der Waals surface area contributed by atoms with Gasteiger partial charge in [-0.3, -0.25) is 27.3 Å². The highest BCUT2D eigenvalue weighted by atomic mass is 32.3. The van der Waals surface area contributed by atoms with E-state index in [2.05, 4.69) is 16.7 Å². The van der Waals surface area contributed by atoms with Crippen LogP contribution in [0.2, 0.25) is 0 Å². The zero-order chi connectivity index (χ0) is 54.7. The van der Waals surface area contributed by atoms with E-state index in [0.29, 0.717) is 0 Å². The molecule has 0 saturated carbocycles. The third-order valence-corrected chi connectivity index (χ3v) is 12.1. The molecule has 3 aliphatic rings. The van der Waals surface area contributed by atoms with Gasteiger partial charge in [-0.2, -0.15) is 60.0 Å². The van der Waals surface area contributed by atoms with Crippen LogP contribution in [0.25, 0.3) is 0 Å². The molecule has 71 heavy (non-hydrogen) atoms. The average Bonchev–Trinajstić information content (AvgIpc) is 3.18. The standard InChI is InChI=1S/C24H40N2O39S6/c27-1-4(25-66(38,39)40)8(29)13(5(28)2-56-68(44,45)46)59-24-18(65-71(53,54)55)12(33)15(19(63-24)21(36)37)61-22-7(26-67(41,42)43)9(30)14(6(58-22)3-57-69(47,48)49)60-23-17(64-70(50,51)52)11(32)10(31)16(62-23)20(34)35/h1,4-19,22-26,28-33H,2-3H2,(H,34,35)(H,36,37)(H,38,39,40)(H,41,42,43)(H,44,45,46)(H,47,48,49)(H,50,51,52)(H,53,54,55)/t4-,5+,6+,7+,8+,9+,10-,11-,12-,13+,14+,15-,16+,17+,18+,19+,22-,23+,24+/m0/s1. The summed E-state index contributed by atoms with van der Waals surface area (Å²) < 4.78 is 246. The van der Waals surface area contributed by atoms with Gasteiger partial charge in [0.05, 0.1) is 13.2 Å². The Bertz CT molecular complexity index is 2560. The number of carbonyl (C=O) groups excluding carboxylic acids is 1. The van der Waals surface area contributed by atoms with Gasteiger partial charge in [0, 0.05) is 0 Å². The van der Waals surface area contributed by atoms with E-state index in [-0.39, 0.29) is 0 Å². The molecule has 3 rings (SSSR count). The summed E-state index contributed by atoms with van der Waals surface area (Å²) in [5.74, 6) is -4.62. The summed E-state index contributed by atoms with van der Waals surface area (Å²) in [6.45, 7) is -3.58. The molecule has 41 nitrogen and oxygen atoms in total. The molecular formula is C24H40N2O39S6. The normalized spacial score (nSPS) is 34.4. The topological polar surface area (TPSA) is 656 Å². The number of aliphatic hydroxyl groups excluding tert-OH is 6. The Labute approximate surface area is 396 Å². The van der Waals surface area contributed by atoms with Gasteiger partial charge in [-0.05, 0) is 0 Å². The zero-order valence-electron chi connectivity index (χ0n) is 33.9.